The second kappa shape index (κ2) is 8.25. The molecule has 0 aromatic heterocycles. The molecule has 7 heteroatoms. The number of ether oxygens (including phenoxy) is 1. The SMILES string of the molecule is CC(C)(C)OC(=O)N(c1ccccc1)S(=O)(=O)c1cccc(C#CCO)c1. The Morgan fingerprint density at radius 2 is 1.78 bits per heavy atom. The van der Waals surface area contributed by atoms with Crippen molar-refractivity contribution in [3.63, 3.8) is 0 Å². The molecule has 2 aromatic carbocycles. The van der Waals surface area contributed by atoms with Gasteiger partial charge in [0.2, 0.25) is 0 Å². The Hall–Kier alpha value is -2.82. The van der Waals surface area contributed by atoms with Gasteiger partial charge in [-0.1, -0.05) is 36.1 Å². The monoisotopic (exact) mass is 387 g/mol. The van der Waals surface area contributed by atoms with Crippen molar-refractivity contribution in [3.05, 3.63) is 60.2 Å². The van der Waals surface area contributed by atoms with Crippen molar-refractivity contribution in [1.29, 1.82) is 0 Å². The van der Waals surface area contributed by atoms with Gasteiger partial charge < -0.3 is 9.84 Å². The number of aliphatic hydroxyl groups excluding tert-OH is 1. The third kappa shape index (κ3) is 5.33. The first-order valence-electron chi connectivity index (χ1n) is 8.18. The van der Waals surface area contributed by atoms with Crippen LogP contribution in [0.2, 0.25) is 0 Å². The minimum absolute atomic E-state index is 0.109. The number of amides is 1. The number of para-hydroxylation sites is 1. The predicted octanol–water partition coefficient (Wildman–Crippen LogP) is 3.16. The summed E-state index contributed by atoms with van der Waals surface area (Å²) < 4.78 is 32.4. The minimum atomic E-state index is -4.24. The van der Waals surface area contributed by atoms with Gasteiger partial charge in [0.1, 0.15) is 12.2 Å². The summed E-state index contributed by atoms with van der Waals surface area (Å²) in [5.74, 6) is 5.12. The molecule has 0 aliphatic rings. The summed E-state index contributed by atoms with van der Waals surface area (Å²) >= 11 is 0. The van der Waals surface area contributed by atoms with Gasteiger partial charge >= 0.3 is 6.09 Å². The maximum absolute atomic E-state index is 13.2. The summed E-state index contributed by atoms with van der Waals surface area (Å²) in [6, 6.07) is 13.9. The Morgan fingerprint density at radius 1 is 1.11 bits per heavy atom. The van der Waals surface area contributed by atoms with E-state index in [9.17, 15) is 13.2 Å². The van der Waals surface area contributed by atoms with E-state index >= 15 is 0 Å². The summed E-state index contributed by atoms with van der Waals surface area (Å²) in [4.78, 5) is 12.6. The molecule has 0 spiro atoms. The van der Waals surface area contributed by atoms with E-state index < -0.39 is 21.7 Å². The van der Waals surface area contributed by atoms with E-state index in [4.69, 9.17) is 9.84 Å². The predicted molar refractivity (Wildman–Crippen MR) is 103 cm³/mol. The van der Waals surface area contributed by atoms with Gasteiger partial charge in [-0.2, -0.15) is 4.31 Å². The molecule has 0 saturated carbocycles. The fourth-order valence-corrected chi connectivity index (χ4v) is 3.56. The number of benzene rings is 2. The summed E-state index contributed by atoms with van der Waals surface area (Å²) in [7, 11) is -4.24. The molecular weight excluding hydrogens is 366 g/mol. The molecule has 1 N–H and O–H groups in total. The zero-order valence-corrected chi connectivity index (χ0v) is 16.2. The van der Waals surface area contributed by atoms with Crippen LogP contribution in [-0.4, -0.2) is 31.8 Å². The number of sulfonamides is 1. The molecule has 2 rings (SSSR count). The van der Waals surface area contributed by atoms with Crippen molar-refractivity contribution < 1.29 is 23.1 Å². The Morgan fingerprint density at radius 3 is 2.37 bits per heavy atom. The van der Waals surface area contributed by atoms with E-state index in [1.165, 1.54) is 30.3 Å². The highest BCUT2D eigenvalue weighted by molar-refractivity contribution is 7.93. The van der Waals surface area contributed by atoms with Crippen LogP contribution in [0.25, 0.3) is 0 Å². The molecule has 142 valence electrons. The van der Waals surface area contributed by atoms with Gasteiger partial charge in [-0.3, -0.25) is 0 Å². The number of nitrogens with zero attached hydrogens (tertiary/aromatic N) is 1. The molecule has 0 aliphatic carbocycles. The van der Waals surface area contributed by atoms with Crippen LogP contribution >= 0.6 is 0 Å². The van der Waals surface area contributed by atoms with Gasteiger partial charge in [-0.25, -0.2) is 13.2 Å². The quantitative estimate of drug-likeness (QED) is 0.818. The number of hydrogen-bond acceptors (Lipinski definition) is 5. The van der Waals surface area contributed by atoms with Crippen LogP contribution in [0.1, 0.15) is 26.3 Å². The van der Waals surface area contributed by atoms with Crippen molar-refractivity contribution in [2.45, 2.75) is 31.3 Å². The van der Waals surface area contributed by atoms with E-state index in [0.29, 0.717) is 9.87 Å². The lowest BCUT2D eigenvalue weighted by molar-refractivity contribution is 0.0609. The van der Waals surface area contributed by atoms with Crippen molar-refractivity contribution in [1.82, 2.24) is 0 Å². The highest BCUT2D eigenvalue weighted by Gasteiger charge is 2.34. The van der Waals surface area contributed by atoms with E-state index in [2.05, 4.69) is 11.8 Å². The first-order valence-corrected chi connectivity index (χ1v) is 9.62. The lowest BCUT2D eigenvalue weighted by Crippen LogP contribution is -2.41. The molecular formula is C20H21NO5S. The summed E-state index contributed by atoms with van der Waals surface area (Å²) in [6.45, 7) is 4.63. The third-order valence-electron chi connectivity index (χ3n) is 3.23. The zero-order chi connectivity index (χ0) is 20.1. The van der Waals surface area contributed by atoms with Gasteiger partial charge in [-0.15, -0.1) is 0 Å². The van der Waals surface area contributed by atoms with Gasteiger partial charge in [0.15, 0.2) is 0 Å². The third-order valence-corrected chi connectivity index (χ3v) is 4.92. The average Bonchev–Trinajstić information content (AvgIpc) is 2.59. The molecule has 6 nitrogen and oxygen atoms in total. The van der Waals surface area contributed by atoms with Gasteiger partial charge in [0, 0.05) is 5.56 Å². The number of carbonyl (C=O) groups excluding carboxylic acids is 1. The average molecular weight is 387 g/mol. The highest BCUT2D eigenvalue weighted by Crippen LogP contribution is 2.26. The van der Waals surface area contributed by atoms with Crippen LogP contribution in [0, 0.1) is 11.8 Å². The first kappa shape index (κ1) is 20.5. The van der Waals surface area contributed by atoms with E-state index in [-0.39, 0.29) is 17.2 Å². The second-order valence-corrected chi connectivity index (χ2v) is 8.36. The fourth-order valence-electron chi connectivity index (χ4n) is 2.19. The molecule has 0 fully saturated rings. The summed E-state index contributed by atoms with van der Waals surface area (Å²) in [6.07, 6.45) is -0.999. The summed E-state index contributed by atoms with van der Waals surface area (Å²) in [5, 5.41) is 8.81. The second-order valence-electron chi connectivity index (χ2n) is 6.57. The van der Waals surface area contributed by atoms with Crippen molar-refractivity contribution in [3.8, 4) is 11.8 Å². The number of aliphatic hydroxyl groups is 1. The number of hydrogen-bond donors (Lipinski definition) is 1. The lowest BCUT2D eigenvalue weighted by Gasteiger charge is -2.27. The molecule has 27 heavy (non-hydrogen) atoms. The maximum Gasteiger partial charge on any atom is 0.429 e. The molecule has 0 radical (unpaired) electrons. The van der Waals surface area contributed by atoms with E-state index in [1.54, 1.807) is 45.0 Å². The van der Waals surface area contributed by atoms with Crippen LogP contribution in [0.4, 0.5) is 10.5 Å². The maximum atomic E-state index is 13.2. The Bertz CT molecular complexity index is 967. The van der Waals surface area contributed by atoms with Crippen molar-refractivity contribution >= 4 is 21.8 Å². The van der Waals surface area contributed by atoms with E-state index in [0.717, 1.165) is 0 Å². The van der Waals surface area contributed by atoms with Crippen LogP contribution in [0.3, 0.4) is 0 Å². The van der Waals surface area contributed by atoms with Gasteiger partial charge in [-0.05, 0) is 51.1 Å². The molecule has 0 unspecified atom stereocenters. The largest absolute Gasteiger partial charge is 0.443 e. The zero-order valence-electron chi connectivity index (χ0n) is 15.3. The number of rotatable bonds is 3. The van der Waals surface area contributed by atoms with Gasteiger partial charge in [0.25, 0.3) is 10.0 Å². The standard InChI is InChI=1S/C20H21NO5S/c1-20(2,3)26-19(23)21(17-11-5-4-6-12-17)27(24,25)18-13-7-9-16(15-18)10-8-14-22/h4-7,9,11-13,15,22H,14H2,1-3H3. The van der Waals surface area contributed by atoms with Gasteiger partial charge in [0.05, 0.1) is 10.6 Å². The molecule has 0 bridgehead atoms. The molecule has 0 heterocycles. The minimum Gasteiger partial charge on any atom is -0.443 e. The molecule has 0 saturated heterocycles. The number of carbonyl (C=O) groups is 1. The van der Waals surface area contributed by atoms with Crippen molar-refractivity contribution in [2.75, 3.05) is 10.9 Å². The van der Waals surface area contributed by atoms with E-state index in [1.807, 2.05) is 0 Å². The Kier molecular flexibility index (Phi) is 6.26. The Labute approximate surface area is 159 Å². The smallest absolute Gasteiger partial charge is 0.429 e. The van der Waals surface area contributed by atoms with Crippen LogP contribution in [0.15, 0.2) is 59.5 Å². The molecule has 0 aliphatic heterocycles. The molecule has 1 amide bonds. The van der Waals surface area contributed by atoms with Crippen molar-refractivity contribution in [2.24, 2.45) is 0 Å². The Balaban J connectivity index is 2.56. The first-order chi connectivity index (χ1) is 12.6. The fraction of sp³-hybridized carbons (Fsp3) is 0.250. The lowest BCUT2D eigenvalue weighted by atomic mass is 10.2. The normalized spacial score (nSPS) is 11.3. The van der Waals surface area contributed by atoms with Crippen LogP contribution in [0.5, 0.6) is 0 Å². The van der Waals surface area contributed by atoms with Crippen LogP contribution in [-0.2, 0) is 14.8 Å². The van der Waals surface area contributed by atoms with Crippen LogP contribution < -0.4 is 4.31 Å². The number of anilines is 1. The summed E-state index contributed by atoms with van der Waals surface area (Å²) in [5.41, 5.74) is -0.297. The highest BCUT2D eigenvalue weighted by atomic mass is 32.2. The molecule has 2 aromatic rings. The topological polar surface area (TPSA) is 83.9 Å². The molecule has 0 atom stereocenters.